The third-order valence-electron chi connectivity index (χ3n) is 5.55. The van der Waals surface area contributed by atoms with E-state index in [9.17, 15) is 9.18 Å². The van der Waals surface area contributed by atoms with E-state index < -0.39 is 0 Å². The quantitative estimate of drug-likeness (QED) is 0.854. The van der Waals surface area contributed by atoms with Crippen LogP contribution in [0.2, 0.25) is 0 Å². The molecule has 1 amide bonds. The summed E-state index contributed by atoms with van der Waals surface area (Å²) in [5.41, 5.74) is 3.24. The Kier molecular flexibility index (Phi) is 4.10. The van der Waals surface area contributed by atoms with Crippen molar-refractivity contribution in [3.8, 4) is 0 Å². The second kappa shape index (κ2) is 6.28. The summed E-state index contributed by atoms with van der Waals surface area (Å²) in [7, 11) is 0. The molecular formula is C20H24FN3O. The van der Waals surface area contributed by atoms with Crippen LogP contribution in [-0.4, -0.2) is 33.2 Å². The molecule has 1 aromatic carbocycles. The first-order valence-electron chi connectivity index (χ1n) is 9.10. The van der Waals surface area contributed by atoms with Gasteiger partial charge in [-0.1, -0.05) is 12.1 Å². The number of aryl methyl sites for hydroxylation is 2. The molecule has 1 saturated heterocycles. The zero-order chi connectivity index (χ0) is 17.6. The molecule has 1 aliphatic carbocycles. The minimum Gasteiger partial charge on any atom is -0.338 e. The Morgan fingerprint density at radius 3 is 2.72 bits per heavy atom. The van der Waals surface area contributed by atoms with Crippen molar-refractivity contribution in [1.82, 2.24) is 14.7 Å². The Hall–Kier alpha value is -2.17. The maximum Gasteiger partial charge on any atom is 0.226 e. The van der Waals surface area contributed by atoms with Crippen LogP contribution in [0.15, 0.2) is 30.3 Å². The molecule has 2 aliphatic rings. The van der Waals surface area contributed by atoms with Gasteiger partial charge in [0, 0.05) is 18.2 Å². The van der Waals surface area contributed by atoms with Gasteiger partial charge in [-0.05, 0) is 62.8 Å². The van der Waals surface area contributed by atoms with Crippen molar-refractivity contribution < 1.29 is 9.18 Å². The van der Waals surface area contributed by atoms with Crippen LogP contribution in [0.5, 0.6) is 0 Å². The van der Waals surface area contributed by atoms with Crippen LogP contribution >= 0.6 is 0 Å². The highest BCUT2D eigenvalue weighted by Gasteiger charge is 2.47. The van der Waals surface area contributed by atoms with Gasteiger partial charge >= 0.3 is 0 Å². The van der Waals surface area contributed by atoms with E-state index in [0.29, 0.717) is 0 Å². The van der Waals surface area contributed by atoms with Crippen LogP contribution < -0.4 is 0 Å². The monoisotopic (exact) mass is 341 g/mol. The lowest BCUT2D eigenvalue weighted by Crippen LogP contribution is -2.39. The van der Waals surface area contributed by atoms with Crippen LogP contribution in [-0.2, 0) is 11.3 Å². The van der Waals surface area contributed by atoms with Gasteiger partial charge in [-0.15, -0.1) is 0 Å². The first kappa shape index (κ1) is 16.3. The summed E-state index contributed by atoms with van der Waals surface area (Å²) in [5.74, 6) is 0.352. The average Bonchev–Trinajstić information content (AvgIpc) is 3.14. The van der Waals surface area contributed by atoms with Crippen LogP contribution in [0.3, 0.4) is 0 Å². The standard InChI is InChI=1S/C20H24FN3O/c1-13-10-14(2)24(22-13)12-17-4-3-9-23(17)20(25)19-11-18(19)15-5-7-16(21)8-6-15/h5-8,10,17-19H,3-4,9,11-12H2,1-2H3/t17-,18+,19-/m0/s1. The van der Waals surface area contributed by atoms with E-state index in [0.717, 1.165) is 49.3 Å². The molecule has 0 N–H and O–H groups in total. The largest absolute Gasteiger partial charge is 0.338 e. The zero-order valence-electron chi connectivity index (χ0n) is 14.8. The zero-order valence-corrected chi connectivity index (χ0v) is 14.8. The Labute approximate surface area is 147 Å². The number of rotatable bonds is 4. The van der Waals surface area contributed by atoms with Crippen molar-refractivity contribution in [3.63, 3.8) is 0 Å². The van der Waals surface area contributed by atoms with E-state index in [2.05, 4.69) is 23.0 Å². The van der Waals surface area contributed by atoms with E-state index >= 15 is 0 Å². The molecule has 2 fully saturated rings. The number of aromatic nitrogens is 2. The van der Waals surface area contributed by atoms with Crippen molar-refractivity contribution in [2.75, 3.05) is 6.54 Å². The Morgan fingerprint density at radius 1 is 1.28 bits per heavy atom. The lowest BCUT2D eigenvalue weighted by molar-refractivity contribution is -0.133. The van der Waals surface area contributed by atoms with Gasteiger partial charge in [0.15, 0.2) is 0 Å². The van der Waals surface area contributed by atoms with E-state index in [1.165, 1.54) is 12.1 Å². The van der Waals surface area contributed by atoms with Gasteiger partial charge in [0.05, 0.1) is 18.3 Å². The number of carbonyl (C=O) groups excluding carboxylic acids is 1. The average molecular weight is 341 g/mol. The summed E-state index contributed by atoms with van der Waals surface area (Å²) in [6.45, 7) is 5.68. The van der Waals surface area contributed by atoms with Gasteiger partial charge in [-0.25, -0.2) is 4.39 Å². The van der Waals surface area contributed by atoms with Crippen molar-refractivity contribution in [1.29, 1.82) is 0 Å². The molecule has 0 bridgehead atoms. The molecule has 0 spiro atoms. The molecule has 1 aromatic heterocycles. The number of benzene rings is 1. The predicted molar refractivity (Wildman–Crippen MR) is 93.7 cm³/mol. The third kappa shape index (κ3) is 3.20. The lowest BCUT2D eigenvalue weighted by Gasteiger charge is -2.25. The molecule has 4 nitrogen and oxygen atoms in total. The van der Waals surface area contributed by atoms with Gasteiger partial charge in [0.2, 0.25) is 5.91 Å². The number of likely N-dealkylation sites (tertiary alicyclic amines) is 1. The Morgan fingerprint density at radius 2 is 2.04 bits per heavy atom. The molecule has 1 aliphatic heterocycles. The highest BCUT2D eigenvalue weighted by molar-refractivity contribution is 5.83. The van der Waals surface area contributed by atoms with Gasteiger partial charge < -0.3 is 4.90 Å². The Bertz CT molecular complexity index is 783. The molecule has 2 heterocycles. The second-order valence-electron chi connectivity index (χ2n) is 7.44. The summed E-state index contributed by atoms with van der Waals surface area (Å²) in [6.07, 6.45) is 2.98. The first-order valence-corrected chi connectivity index (χ1v) is 9.10. The molecule has 5 heteroatoms. The van der Waals surface area contributed by atoms with Crippen LogP contribution in [0.25, 0.3) is 0 Å². The highest BCUT2D eigenvalue weighted by atomic mass is 19.1. The molecule has 0 radical (unpaired) electrons. The number of hydrogen-bond donors (Lipinski definition) is 0. The van der Waals surface area contributed by atoms with E-state index in [1.807, 2.05) is 23.7 Å². The number of nitrogens with zero attached hydrogens (tertiary/aromatic N) is 3. The minimum absolute atomic E-state index is 0.0616. The van der Waals surface area contributed by atoms with Crippen LogP contribution in [0.1, 0.15) is 42.1 Å². The topological polar surface area (TPSA) is 38.1 Å². The lowest BCUT2D eigenvalue weighted by atomic mass is 10.1. The summed E-state index contributed by atoms with van der Waals surface area (Å²) in [5, 5.41) is 4.54. The van der Waals surface area contributed by atoms with Crippen molar-refractivity contribution in [3.05, 3.63) is 53.1 Å². The number of halogens is 1. The predicted octanol–water partition coefficient (Wildman–Crippen LogP) is 3.43. The first-order chi connectivity index (χ1) is 12.0. The molecule has 132 valence electrons. The molecule has 4 rings (SSSR count). The number of hydrogen-bond acceptors (Lipinski definition) is 2. The van der Waals surface area contributed by atoms with E-state index in [-0.39, 0.29) is 29.6 Å². The van der Waals surface area contributed by atoms with Crippen molar-refractivity contribution in [2.45, 2.75) is 51.6 Å². The third-order valence-corrected chi connectivity index (χ3v) is 5.55. The van der Waals surface area contributed by atoms with E-state index in [4.69, 9.17) is 0 Å². The number of amides is 1. The maximum atomic E-state index is 13.1. The number of carbonyl (C=O) groups is 1. The van der Waals surface area contributed by atoms with E-state index in [1.54, 1.807) is 0 Å². The van der Waals surface area contributed by atoms with Crippen LogP contribution in [0, 0.1) is 25.6 Å². The van der Waals surface area contributed by atoms with Crippen molar-refractivity contribution >= 4 is 5.91 Å². The Balaban J connectivity index is 1.43. The summed E-state index contributed by atoms with van der Waals surface area (Å²) in [6, 6.07) is 8.90. The van der Waals surface area contributed by atoms with Crippen LogP contribution in [0.4, 0.5) is 4.39 Å². The summed E-state index contributed by atoms with van der Waals surface area (Å²) >= 11 is 0. The molecular weight excluding hydrogens is 317 g/mol. The normalized spacial score (nSPS) is 25.4. The van der Waals surface area contributed by atoms with Gasteiger partial charge in [-0.2, -0.15) is 5.10 Å². The minimum atomic E-state index is -0.225. The smallest absolute Gasteiger partial charge is 0.226 e. The SMILES string of the molecule is Cc1cc(C)n(C[C@@H]2CCCN2C(=O)[C@H]2C[C@@H]2c2ccc(F)cc2)n1. The summed E-state index contributed by atoms with van der Waals surface area (Å²) in [4.78, 5) is 15.0. The molecule has 2 aromatic rings. The fraction of sp³-hybridized carbons (Fsp3) is 0.500. The fourth-order valence-electron chi connectivity index (χ4n) is 4.13. The molecule has 25 heavy (non-hydrogen) atoms. The highest BCUT2D eigenvalue weighted by Crippen LogP contribution is 2.49. The molecule has 3 atom stereocenters. The second-order valence-corrected chi connectivity index (χ2v) is 7.44. The maximum absolute atomic E-state index is 13.1. The molecule has 1 saturated carbocycles. The van der Waals surface area contributed by atoms with Gasteiger partial charge in [-0.3, -0.25) is 9.48 Å². The molecule has 0 unspecified atom stereocenters. The van der Waals surface area contributed by atoms with Gasteiger partial charge in [0.1, 0.15) is 5.82 Å². The van der Waals surface area contributed by atoms with Crippen molar-refractivity contribution in [2.24, 2.45) is 5.92 Å². The van der Waals surface area contributed by atoms with Gasteiger partial charge in [0.25, 0.3) is 0 Å². The fourth-order valence-corrected chi connectivity index (χ4v) is 4.13. The summed E-state index contributed by atoms with van der Waals surface area (Å²) < 4.78 is 15.1.